The molecule has 0 unspecified atom stereocenters. The summed E-state index contributed by atoms with van der Waals surface area (Å²) in [6.45, 7) is 7.89. The van der Waals surface area contributed by atoms with Crippen LogP contribution in [0, 0.1) is 10.8 Å². The van der Waals surface area contributed by atoms with Crippen molar-refractivity contribution in [3.63, 3.8) is 0 Å². The minimum Gasteiger partial charge on any atom is -0.452 e. The van der Waals surface area contributed by atoms with Gasteiger partial charge in [0.15, 0.2) is 6.61 Å². The average molecular weight is 497 g/mol. The molecule has 2 bridgehead atoms. The molecule has 33 heavy (non-hydrogen) atoms. The number of rotatable bonds is 5. The first-order chi connectivity index (χ1) is 15.4. The molecule has 9 heteroatoms. The normalized spacial score (nSPS) is 27.4. The van der Waals surface area contributed by atoms with Crippen LogP contribution >= 0.6 is 11.6 Å². The molecule has 2 aliphatic heterocycles. The van der Waals surface area contributed by atoms with Crippen molar-refractivity contribution in [3.05, 3.63) is 28.8 Å². The van der Waals surface area contributed by atoms with Crippen LogP contribution in [0.2, 0.25) is 5.02 Å². The Morgan fingerprint density at radius 3 is 2.52 bits per heavy atom. The van der Waals surface area contributed by atoms with Gasteiger partial charge in [0.2, 0.25) is 10.0 Å². The van der Waals surface area contributed by atoms with Gasteiger partial charge in [-0.3, -0.25) is 4.79 Å². The van der Waals surface area contributed by atoms with Crippen LogP contribution in [0.25, 0.3) is 0 Å². The SMILES string of the molecule is CC1(C)C[C@H]2C[C@@](C)(CN2C(=O)COC(=O)c2ccc(Cl)c(S(=O)(=O)N3CCCCC3)c2)C1. The van der Waals surface area contributed by atoms with Crippen molar-refractivity contribution in [2.24, 2.45) is 10.8 Å². The lowest BCUT2D eigenvalue weighted by molar-refractivity contribution is -0.135. The predicted octanol–water partition coefficient (Wildman–Crippen LogP) is 4.10. The van der Waals surface area contributed by atoms with Crippen molar-refractivity contribution >= 4 is 33.5 Å². The number of sulfonamides is 1. The molecule has 3 aliphatic rings. The summed E-state index contributed by atoms with van der Waals surface area (Å²) in [6.07, 6.45) is 5.58. The second kappa shape index (κ2) is 8.86. The van der Waals surface area contributed by atoms with E-state index in [1.807, 2.05) is 4.90 Å². The van der Waals surface area contributed by atoms with Gasteiger partial charge in [-0.2, -0.15) is 4.31 Å². The summed E-state index contributed by atoms with van der Waals surface area (Å²) in [5.74, 6) is -0.936. The van der Waals surface area contributed by atoms with E-state index in [0.29, 0.717) is 19.6 Å². The third-order valence-electron chi connectivity index (χ3n) is 7.16. The zero-order valence-electron chi connectivity index (χ0n) is 19.6. The van der Waals surface area contributed by atoms with Gasteiger partial charge in [-0.15, -0.1) is 0 Å². The van der Waals surface area contributed by atoms with Gasteiger partial charge in [-0.05, 0) is 61.1 Å². The maximum absolute atomic E-state index is 13.0. The Morgan fingerprint density at radius 2 is 1.82 bits per heavy atom. The summed E-state index contributed by atoms with van der Waals surface area (Å²) >= 11 is 6.19. The summed E-state index contributed by atoms with van der Waals surface area (Å²) in [5.41, 5.74) is 0.346. The number of likely N-dealkylation sites (tertiary alicyclic amines) is 1. The summed E-state index contributed by atoms with van der Waals surface area (Å²) in [6, 6.07) is 4.24. The molecule has 3 fully saturated rings. The summed E-state index contributed by atoms with van der Waals surface area (Å²) < 4.78 is 32.8. The van der Waals surface area contributed by atoms with Gasteiger partial charge < -0.3 is 9.64 Å². The van der Waals surface area contributed by atoms with Crippen LogP contribution in [0.3, 0.4) is 0 Å². The Kier molecular flexibility index (Phi) is 6.57. The quantitative estimate of drug-likeness (QED) is 0.573. The second-order valence-electron chi connectivity index (χ2n) is 10.9. The van der Waals surface area contributed by atoms with Crippen LogP contribution in [0.1, 0.15) is 69.7 Å². The highest BCUT2D eigenvalue weighted by atomic mass is 35.5. The van der Waals surface area contributed by atoms with Crippen molar-refractivity contribution in [2.45, 2.75) is 70.2 Å². The van der Waals surface area contributed by atoms with E-state index in [9.17, 15) is 18.0 Å². The van der Waals surface area contributed by atoms with Crippen LogP contribution in [-0.2, 0) is 19.6 Å². The molecule has 1 amide bonds. The van der Waals surface area contributed by atoms with E-state index in [-0.39, 0.29) is 44.9 Å². The number of fused-ring (bicyclic) bond motifs is 2. The first-order valence-electron chi connectivity index (χ1n) is 11.7. The highest BCUT2D eigenvalue weighted by Crippen LogP contribution is 2.52. The van der Waals surface area contributed by atoms with Crippen molar-refractivity contribution in [1.29, 1.82) is 0 Å². The molecule has 0 radical (unpaired) electrons. The Labute approximate surface area is 201 Å². The first-order valence-corrected chi connectivity index (χ1v) is 13.5. The fourth-order valence-electron chi connectivity index (χ4n) is 6.12. The number of hydrogen-bond acceptors (Lipinski definition) is 5. The van der Waals surface area contributed by atoms with Gasteiger partial charge in [0.25, 0.3) is 5.91 Å². The van der Waals surface area contributed by atoms with E-state index in [2.05, 4.69) is 20.8 Å². The number of benzene rings is 1. The van der Waals surface area contributed by atoms with E-state index < -0.39 is 16.0 Å². The van der Waals surface area contributed by atoms with Crippen LogP contribution < -0.4 is 0 Å². The van der Waals surface area contributed by atoms with E-state index in [0.717, 1.165) is 38.5 Å². The Balaban J connectivity index is 1.43. The van der Waals surface area contributed by atoms with Gasteiger partial charge in [0.05, 0.1) is 10.6 Å². The largest absolute Gasteiger partial charge is 0.452 e. The predicted molar refractivity (Wildman–Crippen MR) is 126 cm³/mol. The highest BCUT2D eigenvalue weighted by molar-refractivity contribution is 7.89. The second-order valence-corrected chi connectivity index (χ2v) is 13.2. The van der Waals surface area contributed by atoms with Crippen LogP contribution in [0.5, 0.6) is 0 Å². The molecule has 182 valence electrons. The maximum Gasteiger partial charge on any atom is 0.338 e. The van der Waals surface area contributed by atoms with Gasteiger partial charge >= 0.3 is 5.97 Å². The van der Waals surface area contributed by atoms with Gasteiger partial charge in [0.1, 0.15) is 4.90 Å². The van der Waals surface area contributed by atoms with Crippen LogP contribution in [0.4, 0.5) is 0 Å². The molecule has 2 heterocycles. The lowest BCUT2D eigenvalue weighted by Crippen LogP contribution is -2.39. The molecule has 0 spiro atoms. The van der Waals surface area contributed by atoms with Gasteiger partial charge in [-0.25, -0.2) is 13.2 Å². The number of ether oxygens (including phenoxy) is 1. The van der Waals surface area contributed by atoms with Gasteiger partial charge in [0, 0.05) is 25.7 Å². The number of carbonyl (C=O) groups is 2. The van der Waals surface area contributed by atoms with E-state index in [1.54, 1.807) is 0 Å². The number of halogens is 1. The third-order valence-corrected chi connectivity index (χ3v) is 9.54. The molecule has 1 aliphatic carbocycles. The summed E-state index contributed by atoms with van der Waals surface area (Å²) in [4.78, 5) is 27.3. The van der Waals surface area contributed by atoms with Crippen molar-refractivity contribution in [2.75, 3.05) is 26.2 Å². The molecular weight excluding hydrogens is 464 g/mol. The number of piperidine rings is 1. The molecule has 0 N–H and O–H groups in total. The smallest absolute Gasteiger partial charge is 0.338 e. The van der Waals surface area contributed by atoms with E-state index >= 15 is 0 Å². The van der Waals surface area contributed by atoms with Crippen molar-refractivity contribution in [3.8, 4) is 0 Å². The number of amides is 1. The lowest BCUT2D eigenvalue weighted by atomic mass is 9.65. The highest BCUT2D eigenvalue weighted by Gasteiger charge is 2.51. The average Bonchev–Trinajstić information content (AvgIpc) is 3.01. The summed E-state index contributed by atoms with van der Waals surface area (Å²) in [7, 11) is -3.80. The molecular formula is C24H33ClN2O5S. The topological polar surface area (TPSA) is 84.0 Å². The molecule has 1 aromatic carbocycles. The number of hydrogen-bond donors (Lipinski definition) is 0. The molecule has 2 saturated heterocycles. The minimum absolute atomic E-state index is 0.0633. The number of nitrogens with zero attached hydrogens (tertiary/aromatic N) is 2. The van der Waals surface area contributed by atoms with Crippen molar-refractivity contribution < 1.29 is 22.7 Å². The van der Waals surface area contributed by atoms with E-state index in [4.69, 9.17) is 16.3 Å². The number of carbonyl (C=O) groups excluding carboxylic acids is 2. The standard InChI is InChI=1S/C24H33ClN2O5S/c1-23(2)12-18-13-24(3,15-23)16-27(18)21(28)14-32-22(29)17-7-8-19(25)20(11-17)33(30,31)26-9-5-4-6-10-26/h7-8,11,18H,4-6,9-10,12-16H2,1-3H3/t18-,24+/m0/s1. The fourth-order valence-corrected chi connectivity index (χ4v) is 8.13. The zero-order chi connectivity index (χ0) is 24.0. The van der Waals surface area contributed by atoms with Crippen LogP contribution in [-0.4, -0.2) is 61.8 Å². The molecule has 0 aromatic heterocycles. The van der Waals surface area contributed by atoms with E-state index in [1.165, 1.54) is 22.5 Å². The molecule has 1 aromatic rings. The molecule has 2 atom stereocenters. The molecule has 7 nitrogen and oxygen atoms in total. The monoisotopic (exact) mass is 496 g/mol. The fraction of sp³-hybridized carbons (Fsp3) is 0.667. The Morgan fingerprint density at radius 1 is 1.12 bits per heavy atom. The maximum atomic E-state index is 13.0. The Bertz CT molecular complexity index is 1050. The molecule has 1 saturated carbocycles. The zero-order valence-corrected chi connectivity index (χ0v) is 21.2. The lowest BCUT2D eigenvalue weighted by Gasteiger charge is -2.39. The summed E-state index contributed by atoms with van der Waals surface area (Å²) in [5, 5.41) is 0.0633. The molecule has 4 rings (SSSR count). The van der Waals surface area contributed by atoms with Crippen molar-refractivity contribution in [1.82, 2.24) is 9.21 Å². The Hall–Kier alpha value is -1.64. The first kappa shape index (κ1) is 24.5. The third kappa shape index (κ3) is 5.08. The minimum atomic E-state index is -3.80. The van der Waals surface area contributed by atoms with Crippen LogP contribution in [0.15, 0.2) is 23.1 Å². The number of esters is 1. The van der Waals surface area contributed by atoms with Gasteiger partial charge in [-0.1, -0.05) is 38.8 Å².